The molecule has 5 heteroatoms. The fraction of sp³-hybridized carbons (Fsp3) is 0.600. The Balaban J connectivity index is 1.74. The first-order valence-electron chi connectivity index (χ1n) is 8.97. The number of carbonyl (C=O) groups is 2. The molecule has 3 rings (SSSR count). The molecule has 2 bridgehead atoms. The largest absolute Gasteiger partial charge is 0.444 e. The van der Waals surface area contributed by atoms with E-state index in [1.807, 2.05) is 32.6 Å². The van der Waals surface area contributed by atoms with Crippen molar-refractivity contribution >= 4 is 11.9 Å². The van der Waals surface area contributed by atoms with Crippen molar-refractivity contribution < 1.29 is 18.7 Å². The molecule has 4 nitrogen and oxygen atoms in total. The predicted octanol–water partition coefficient (Wildman–Crippen LogP) is 4.49. The van der Waals surface area contributed by atoms with E-state index in [0.29, 0.717) is 18.4 Å². The zero-order chi connectivity index (χ0) is 18.4. The van der Waals surface area contributed by atoms with Crippen LogP contribution in [0.5, 0.6) is 0 Å². The Morgan fingerprint density at radius 2 is 1.76 bits per heavy atom. The standard InChI is InChI=1S/C20H26FNO3/c1-12-5-6-14(21)11-17(12)18(23)13-9-15-7-8-16(10-13)22(15)19(24)25-20(2,3)4/h5-6,11,13,15-16H,7-10H2,1-4H3. The average molecular weight is 347 g/mol. The van der Waals surface area contributed by atoms with Gasteiger partial charge in [0.2, 0.25) is 0 Å². The molecule has 1 amide bonds. The van der Waals surface area contributed by atoms with Gasteiger partial charge < -0.3 is 9.64 Å². The average Bonchev–Trinajstić information content (AvgIpc) is 2.78. The first-order valence-corrected chi connectivity index (χ1v) is 8.97. The molecular formula is C20H26FNO3. The SMILES string of the molecule is Cc1ccc(F)cc1C(=O)C1CC2CCC(C1)N2C(=O)OC(C)(C)C. The molecule has 0 spiro atoms. The summed E-state index contributed by atoms with van der Waals surface area (Å²) in [4.78, 5) is 27.2. The minimum Gasteiger partial charge on any atom is -0.444 e. The van der Waals surface area contributed by atoms with E-state index in [9.17, 15) is 14.0 Å². The number of carbonyl (C=O) groups excluding carboxylic acids is 2. The lowest BCUT2D eigenvalue weighted by Gasteiger charge is -2.39. The van der Waals surface area contributed by atoms with Gasteiger partial charge in [0.25, 0.3) is 0 Å². The van der Waals surface area contributed by atoms with E-state index in [1.54, 1.807) is 6.07 Å². The lowest BCUT2D eigenvalue weighted by molar-refractivity contribution is 0.00253. The Morgan fingerprint density at radius 1 is 1.16 bits per heavy atom. The Bertz CT molecular complexity index is 681. The van der Waals surface area contributed by atoms with E-state index in [0.717, 1.165) is 18.4 Å². The minimum absolute atomic E-state index is 0.00209. The van der Waals surface area contributed by atoms with Crippen LogP contribution >= 0.6 is 0 Å². The smallest absolute Gasteiger partial charge is 0.410 e. The summed E-state index contributed by atoms with van der Waals surface area (Å²) < 4.78 is 19.1. The molecule has 0 saturated carbocycles. The minimum atomic E-state index is -0.526. The Labute approximate surface area is 148 Å². The van der Waals surface area contributed by atoms with E-state index >= 15 is 0 Å². The van der Waals surface area contributed by atoms with Crippen LogP contribution < -0.4 is 0 Å². The summed E-state index contributed by atoms with van der Waals surface area (Å²) in [6, 6.07) is 4.43. The molecule has 0 aromatic heterocycles. The number of fused-ring (bicyclic) bond motifs is 2. The number of halogens is 1. The van der Waals surface area contributed by atoms with Crippen molar-refractivity contribution in [2.24, 2.45) is 5.92 Å². The maximum atomic E-state index is 13.5. The third-order valence-corrected chi connectivity index (χ3v) is 5.17. The first kappa shape index (κ1) is 17.9. The molecule has 2 unspecified atom stereocenters. The monoisotopic (exact) mass is 347 g/mol. The van der Waals surface area contributed by atoms with Gasteiger partial charge in [0.1, 0.15) is 11.4 Å². The van der Waals surface area contributed by atoms with Crippen LogP contribution in [-0.4, -0.2) is 34.5 Å². The normalized spacial score (nSPS) is 25.8. The van der Waals surface area contributed by atoms with Gasteiger partial charge in [0, 0.05) is 23.6 Å². The summed E-state index contributed by atoms with van der Waals surface area (Å²) in [6.07, 6.45) is 2.77. The van der Waals surface area contributed by atoms with Gasteiger partial charge >= 0.3 is 6.09 Å². The maximum absolute atomic E-state index is 13.5. The number of Topliss-reactive ketones (excluding diaryl/α,β-unsaturated/α-hetero) is 1. The number of aryl methyl sites for hydroxylation is 1. The molecule has 2 fully saturated rings. The number of hydrogen-bond acceptors (Lipinski definition) is 3. The molecule has 0 N–H and O–H groups in total. The topological polar surface area (TPSA) is 46.6 Å². The number of hydrogen-bond donors (Lipinski definition) is 0. The number of rotatable bonds is 2. The van der Waals surface area contributed by atoms with Crippen molar-refractivity contribution in [2.75, 3.05) is 0 Å². The van der Waals surface area contributed by atoms with Gasteiger partial charge in [0.15, 0.2) is 5.78 Å². The number of piperidine rings is 1. The summed E-state index contributed by atoms with van der Waals surface area (Å²) in [5.74, 6) is -0.544. The first-order chi connectivity index (χ1) is 11.7. The van der Waals surface area contributed by atoms with E-state index in [1.165, 1.54) is 12.1 Å². The van der Waals surface area contributed by atoms with E-state index in [4.69, 9.17) is 4.74 Å². The number of ether oxygens (including phenoxy) is 1. The second kappa shape index (κ2) is 6.43. The highest BCUT2D eigenvalue weighted by atomic mass is 19.1. The Morgan fingerprint density at radius 3 is 2.32 bits per heavy atom. The third kappa shape index (κ3) is 3.70. The Hall–Kier alpha value is -1.91. The van der Waals surface area contributed by atoms with Crippen molar-refractivity contribution in [2.45, 2.75) is 71.1 Å². The van der Waals surface area contributed by atoms with Gasteiger partial charge in [-0.2, -0.15) is 0 Å². The van der Waals surface area contributed by atoms with Gasteiger partial charge in [-0.05, 0) is 71.1 Å². The van der Waals surface area contributed by atoms with E-state index < -0.39 is 5.60 Å². The fourth-order valence-corrected chi connectivity index (χ4v) is 4.08. The van der Waals surface area contributed by atoms with Crippen LogP contribution in [0.4, 0.5) is 9.18 Å². The zero-order valence-corrected chi connectivity index (χ0v) is 15.3. The van der Waals surface area contributed by atoms with Gasteiger partial charge in [-0.3, -0.25) is 4.79 Å². The molecule has 2 saturated heterocycles. The summed E-state index contributed by atoms with van der Waals surface area (Å²) >= 11 is 0. The van der Waals surface area contributed by atoms with Crippen LogP contribution in [0.25, 0.3) is 0 Å². The molecule has 0 aliphatic carbocycles. The zero-order valence-electron chi connectivity index (χ0n) is 15.3. The maximum Gasteiger partial charge on any atom is 0.410 e. The number of ketones is 1. The molecule has 2 aliphatic rings. The molecule has 2 atom stereocenters. The van der Waals surface area contributed by atoms with Crippen molar-refractivity contribution in [3.05, 3.63) is 35.1 Å². The highest BCUT2D eigenvalue weighted by molar-refractivity contribution is 5.99. The predicted molar refractivity (Wildman–Crippen MR) is 93.1 cm³/mol. The lowest BCUT2D eigenvalue weighted by Crippen LogP contribution is -2.49. The van der Waals surface area contributed by atoms with Crippen LogP contribution in [0, 0.1) is 18.7 Å². The van der Waals surface area contributed by atoms with Crippen molar-refractivity contribution in [3.8, 4) is 0 Å². The van der Waals surface area contributed by atoms with Crippen molar-refractivity contribution in [3.63, 3.8) is 0 Å². The second-order valence-corrected chi connectivity index (χ2v) is 8.26. The second-order valence-electron chi connectivity index (χ2n) is 8.26. The lowest BCUT2D eigenvalue weighted by atomic mass is 9.84. The molecule has 25 heavy (non-hydrogen) atoms. The quantitative estimate of drug-likeness (QED) is 0.740. The van der Waals surface area contributed by atoms with E-state index in [-0.39, 0.29) is 35.7 Å². The molecular weight excluding hydrogens is 321 g/mol. The van der Waals surface area contributed by atoms with Gasteiger partial charge in [-0.1, -0.05) is 6.07 Å². The highest BCUT2D eigenvalue weighted by Gasteiger charge is 2.46. The summed E-state index contributed by atoms with van der Waals surface area (Å²) in [6.45, 7) is 7.40. The van der Waals surface area contributed by atoms with Crippen molar-refractivity contribution in [1.29, 1.82) is 0 Å². The van der Waals surface area contributed by atoms with Gasteiger partial charge in [0.05, 0.1) is 0 Å². The van der Waals surface area contributed by atoms with E-state index in [2.05, 4.69) is 0 Å². The molecule has 1 aromatic carbocycles. The number of nitrogens with zero attached hydrogens (tertiary/aromatic N) is 1. The number of benzene rings is 1. The number of amides is 1. The molecule has 136 valence electrons. The molecule has 2 heterocycles. The van der Waals surface area contributed by atoms with Crippen LogP contribution in [0.15, 0.2) is 18.2 Å². The highest BCUT2D eigenvalue weighted by Crippen LogP contribution is 2.40. The molecule has 1 aromatic rings. The van der Waals surface area contributed by atoms with Crippen molar-refractivity contribution in [1.82, 2.24) is 4.90 Å². The van der Waals surface area contributed by atoms with Crippen LogP contribution in [0.3, 0.4) is 0 Å². The molecule has 2 aliphatic heterocycles. The Kier molecular flexibility index (Phi) is 4.60. The van der Waals surface area contributed by atoms with Gasteiger partial charge in [-0.15, -0.1) is 0 Å². The van der Waals surface area contributed by atoms with Crippen LogP contribution in [0.2, 0.25) is 0 Å². The third-order valence-electron chi connectivity index (χ3n) is 5.17. The summed E-state index contributed by atoms with van der Waals surface area (Å²) in [5.41, 5.74) is 0.741. The van der Waals surface area contributed by atoms with Gasteiger partial charge in [-0.25, -0.2) is 9.18 Å². The van der Waals surface area contributed by atoms with Crippen LogP contribution in [-0.2, 0) is 4.74 Å². The summed E-state index contributed by atoms with van der Waals surface area (Å²) in [5, 5.41) is 0. The molecule has 0 radical (unpaired) electrons. The fourth-order valence-electron chi connectivity index (χ4n) is 4.08. The summed E-state index contributed by atoms with van der Waals surface area (Å²) in [7, 11) is 0. The van der Waals surface area contributed by atoms with Crippen LogP contribution in [0.1, 0.15) is 62.4 Å².